The van der Waals surface area contributed by atoms with Crippen LogP contribution in [0.5, 0.6) is 0 Å². The van der Waals surface area contributed by atoms with E-state index in [1.807, 2.05) is 17.9 Å². The zero-order chi connectivity index (χ0) is 15.7. The first-order chi connectivity index (χ1) is 10.5. The van der Waals surface area contributed by atoms with E-state index in [9.17, 15) is 4.79 Å². The molecule has 1 atom stereocenters. The molecular formula is C18H21N3O. The van der Waals surface area contributed by atoms with Gasteiger partial charge in [0.2, 0.25) is 0 Å². The van der Waals surface area contributed by atoms with Gasteiger partial charge in [-0.1, -0.05) is 44.2 Å². The van der Waals surface area contributed by atoms with Gasteiger partial charge in [0.05, 0.1) is 5.56 Å². The highest BCUT2D eigenvalue weighted by atomic mass is 16.2. The highest BCUT2D eigenvalue weighted by Gasteiger charge is 2.42. The number of nitrogens with zero attached hydrogens (tertiary/aromatic N) is 3. The van der Waals surface area contributed by atoms with Crippen LogP contribution in [0.1, 0.15) is 41.5 Å². The number of rotatable bonds is 2. The van der Waals surface area contributed by atoms with E-state index < -0.39 is 0 Å². The van der Waals surface area contributed by atoms with Crippen LogP contribution in [0.15, 0.2) is 42.7 Å². The molecule has 114 valence electrons. The maximum absolute atomic E-state index is 12.7. The van der Waals surface area contributed by atoms with Crippen LogP contribution < -0.4 is 0 Å². The summed E-state index contributed by atoms with van der Waals surface area (Å²) >= 11 is 0. The van der Waals surface area contributed by atoms with Crippen LogP contribution in [0.3, 0.4) is 0 Å². The summed E-state index contributed by atoms with van der Waals surface area (Å²) in [7, 11) is 0. The van der Waals surface area contributed by atoms with Gasteiger partial charge in [-0.15, -0.1) is 0 Å². The Morgan fingerprint density at radius 3 is 2.45 bits per heavy atom. The molecule has 0 aliphatic carbocycles. The zero-order valence-corrected chi connectivity index (χ0v) is 13.3. The molecule has 1 aromatic heterocycles. The summed E-state index contributed by atoms with van der Waals surface area (Å²) in [4.78, 5) is 22.8. The number of carbonyl (C=O) groups is 1. The SMILES string of the molecule is Cc1ncc(C(=O)N2C[C@@H](c3ccccc3)C(C)(C)C2)cn1. The molecule has 0 bridgehead atoms. The second-order valence-electron chi connectivity index (χ2n) is 6.66. The van der Waals surface area contributed by atoms with E-state index in [2.05, 4.69) is 48.1 Å². The Kier molecular flexibility index (Phi) is 3.69. The molecule has 22 heavy (non-hydrogen) atoms. The van der Waals surface area contributed by atoms with Crippen molar-refractivity contribution in [2.45, 2.75) is 26.7 Å². The van der Waals surface area contributed by atoms with Crippen molar-refractivity contribution in [2.24, 2.45) is 5.41 Å². The Morgan fingerprint density at radius 2 is 1.82 bits per heavy atom. The van der Waals surface area contributed by atoms with Gasteiger partial charge in [0.1, 0.15) is 5.82 Å². The van der Waals surface area contributed by atoms with Crippen LogP contribution in [-0.2, 0) is 0 Å². The van der Waals surface area contributed by atoms with Gasteiger partial charge in [-0.05, 0) is 17.9 Å². The smallest absolute Gasteiger partial charge is 0.257 e. The van der Waals surface area contributed by atoms with Crippen LogP contribution in [0.4, 0.5) is 0 Å². The maximum atomic E-state index is 12.7. The summed E-state index contributed by atoms with van der Waals surface area (Å²) in [6.07, 6.45) is 3.24. The van der Waals surface area contributed by atoms with Crippen molar-refractivity contribution in [3.05, 3.63) is 59.7 Å². The number of hydrogen-bond acceptors (Lipinski definition) is 3. The number of likely N-dealkylation sites (tertiary alicyclic amines) is 1. The standard InChI is InChI=1S/C18H21N3O/c1-13-19-9-15(10-20-13)17(22)21-11-16(18(2,3)12-21)14-7-5-4-6-8-14/h4-10,16H,11-12H2,1-3H3/t16-/m0/s1. The Morgan fingerprint density at radius 1 is 1.18 bits per heavy atom. The minimum absolute atomic E-state index is 0.0199. The molecule has 1 aliphatic heterocycles. The maximum Gasteiger partial charge on any atom is 0.257 e. The first-order valence-corrected chi connectivity index (χ1v) is 7.60. The van der Waals surface area contributed by atoms with Gasteiger partial charge < -0.3 is 4.90 Å². The second kappa shape index (κ2) is 5.52. The van der Waals surface area contributed by atoms with Gasteiger partial charge in [0.15, 0.2) is 0 Å². The van der Waals surface area contributed by atoms with E-state index in [1.54, 1.807) is 12.4 Å². The second-order valence-corrected chi connectivity index (χ2v) is 6.66. The van der Waals surface area contributed by atoms with E-state index in [-0.39, 0.29) is 11.3 Å². The van der Waals surface area contributed by atoms with Crippen molar-refractivity contribution < 1.29 is 4.79 Å². The van der Waals surface area contributed by atoms with E-state index in [0.29, 0.717) is 17.3 Å². The summed E-state index contributed by atoms with van der Waals surface area (Å²) in [5, 5.41) is 0. The van der Waals surface area contributed by atoms with Gasteiger partial charge in [-0.3, -0.25) is 4.79 Å². The first-order valence-electron chi connectivity index (χ1n) is 7.60. The average molecular weight is 295 g/mol. The van der Waals surface area contributed by atoms with E-state index >= 15 is 0 Å². The lowest BCUT2D eigenvalue weighted by atomic mass is 9.78. The lowest BCUT2D eigenvalue weighted by molar-refractivity contribution is 0.0777. The fourth-order valence-electron chi connectivity index (χ4n) is 3.22. The van der Waals surface area contributed by atoms with Gasteiger partial charge in [0, 0.05) is 31.4 Å². The van der Waals surface area contributed by atoms with E-state index in [4.69, 9.17) is 0 Å². The highest BCUT2D eigenvalue weighted by Crippen LogP contribution is 2.42. The molecule has 2 aromatic rings. The van der Waals surface area contributed by atoms with Crippen LogP contribution >= 0.6 is 0 Å². The number of benzene rings is 1. The van der Waals surface area contributed by atoms with Crippen LogP contribution in [0.25, 0.3) is 0 Å². The van der Waals surface area contributed by atoms with Crippen molar-refractivity contribution in [3.63, 3.8) is 0 Å². The Balaban J connectivity index is 1.83. The Bertz CT molecular complexity index is 664. The minimum Gasteiger partial charge on any atom is -0.337 e. The van der Waals surface area contributed by atoms with E-state index in [1.165, 1.54) is 5.56 Å². The quantitative estimate of drug-likeness (QED) is 0.855. The predicted octanol–water partition coefficient (Wildman–Crippen LogP) is 3.05. The largest absolute Gasteiger partial charge is 0.337 e. The summed E-state index contributed by atoms with van der Waals surface area (Å²) < 4.78 is 0. The van der Waals surface area contributed by atoms with Crippen molar-refractivity contribution in [1.82, 2.24) is 14.9 Å². The molecule has 0 saturated carbocycles. The van der Waals surface area contributed by atoms with Crippen molar-refractivity contribution >= 4 is 5.91 Å². The third-order valence-electron chi connectivity index (χ3n) is 4.46. The summed E-state index contributed by atoms with van der Waals surface area (Å²) in [6.45, 7) is 7.76. The summed E-state index contributed by atoms with van der Waals surface area (Å²) in [5.74, 6) is 1.05. The molecule has 4 nitrogen and oxygen atoms in total. The fourth-order valence-corrected chi connectivity index (χ4v) is 3.22. The number of carbonyl (C=O) groups excluding carboxylic acids is 1. The topological polar surface area (TPSA) is 46.1 Å². The Labute approximate surface area is 131 Å². The highest BCUT2D eigenvalue weighted by molar-refractivity contribution is 5.94. The molecule has 2 heterocycles. The average Bonchev–Trinajstić information content (AvgIpc) is 2.84. The molecule has 0 spiro atoms. The molecule has 1 fully saturated rings. The summed E-state index contributed by atoms with van der Waals surface area (Å²) in [6, 6.07) is 10.4. The molecule has 1 amide bonds. The van der Waals surface area contributed by atoms with Gasteiger partial charge >= 0.3 is 0 Å². The van der Waals surface area contributed by atoms with Crippen LogP contribution in [0, 0.1) is 12.3 Å². The molecule has 4 heteroatoms. The van der Waals surface area contributed by atoms with Crippen molar-refractivity contribution in [3.8, 4) is 0 Å². The third kappa shape index (κ3) is 2.73. The molecule has 1 aromatic carbocycles. The Hall–Kier alpha value is -2.23. The summed E-state index contributed by atoms with van der Waals surface area (Å²) in [5.41, 5.74) is 1.92. The first kappa shape index (κ1) is 14.7. The van der Waals surface area contributed by atoms with Gasteiger partial charge in [-0.2, -0.15) is 0 Å². The minimum atomic E-state index is 0.0199. The van der Waals surface area contributed by atoms with Crippen molar-refractivity contribution in [1.29, 1.82) is 0 Å². The number of hydrogen-bond donors (Lipinski definition) is 0. The molecule has 3 rings (SSSR count). The third-order valence-corrected chi connectivity index (χ3v) is 4.46. The number of amides is 1. The fraction of sp³-hybridized carbons (Fsp3) is 0.389. The lowest BCUT2D eigenvalue weighted by Crippen LogP contribution is -2.30. The number of aryl methyl sites for hydroxylation is 1. The normalized spacial score (nSPS) is 20.1. The van der Waals surface area contributed by atoms with Crippen LogP contribution in [0.2, 0.25) is 0 Å². The molecule has 0 unspecified atom stereocenters. The molecule has 1 aliphatic rings. The molecule has 0 N–H and O–H groups in total. The molecule has 0 radical (unpaired) electrons. The lowest BCUT2D eigenvalue weighted by Gasteiger charge is -2.25. The molecular weight excluding hydrogens is 274 g/mol. The predicted molar refractivity (Wildman–Crippen MR) is 85.6 cm³/mol. The number of aromatic nitrogens is 2. The zero-order valence-electron chi connectivity index (χ0n) is 13.3. The van der Waals surface area contributed by atoms with Gasteiger partial charge in [0.25, 0.3) is 5.91 Å². The monoisotopic (exact) mass is 295 g/mol. The van der Waals surface area contributed by atoms with E-state index in [0.717, 1.165) is 13.1 Å². The van der Waals surface area contributed by atoms with Crippen LogP contribution in [-0.4, -0.2) is 33.9 Å². The molecule has 1 saturated heterocycles. The van der Waals surface area contributed by atoms with Gasteiger partial charge in [-0.25, -0.2) is 9.97 Å². The van der Waals surface area contributed by atoms with Crippen molar-refractivity contribution in [2.75, 3.05) is 13.1 Å².